The SMILES string of the molecule is CC(C)(C)C(N)P(=O)(O)O.O. The average Bonchev–Trinajstić information content (AvgIpc) is 1.59. The Morgan fingerprint density at radius 1 is 1.36 bits per heavy atom. The molecule has 0 aliphatic heterocycles. The lowest BCUT2D eigenvalue weighted by Crippen LogP contribution is -2.34. The minimum Gasteiger partial charge on any atom is -0.412 e. The lowest BCUT2D eigenvalue weighted by Gasteiger charge is -2.27. The highest BCUT2D eigenvalue weighted by atomic mass is 31.2. The molecule has 1 unspecified atom stereocenters. The zero-order valence-electron chi connectivity index (χ0n) is 6.90. The Kier molecular flexibility index (Phi) is 4.52. The lowest BCUT2D eigenvalue weighted by atomic mass is 9.97. The second-order valence-corrected chi connectivity index (χ2v) is 5.13. The van der Waals surface area contributed by atoms with E-state index in [0.29, 0.717) is 0 Å². The zero-order chi connectivity index (χ0) is 8.58. The van der Waals surface area contributed by atoms with E-state index in [0.717, 1.165) is 0 Å². The number of hydrogen-bond acceptors (Lipinski definition) is 2. The van der Waals surface area contributed by atoms with E-state index in [-0.39, 0.29) is 5.48 Å². The van der Waals surface area contributed by atoms with Gasteiger partial charge in [-0.1, -0.05) is 20.8 Å². The molecule has 1 atom stereocenters. The van der Waals surface area contributed by atoms with Gasteiger partial charge in [0.25, 0.3) is 0 Å². The van der Waals surface area contributed by atoms with E-state index in [1.807, 2.05) is 0 Å². The van der Waals surface area contributed by atoms with Crippen molar-refractivity contribution in [3.63, 3.8) is 0 Å². The second kappa shape index (κ2) is 3.65. The normalized spacial score (nSPS) is 15.5. The summed E-state index contributed by atoms with van der Waals surface area (Å²) in [5, 5.41) is 0. The predicted molar refractivity (Wildman–Crippen MR) is 43.1 cm³/mol. The Balaban J connectivity index is 0. The van der Waals surface area contributed by atoms with Crippen molar-refractivity contribution in [1.29, 1.82) is 0 Å². The smallest absolute Gasteiger partial charge is 0.342 e. The average molecular weight is 185 g/mol. The van der Waals surface area contributed by atoms with Crippen LogP contribution in [0.1, 0.15) is 20.8 Å². The first kappa shape index (κ1) is 13.6. The quantitative estimate of drug-likeness (QED) is 0.485. The molecule has 0 heterocycles. The molecule has 0 aromatic carbocycles. The van der Waals surface area contributed by atoms with Crippen molar-refractivity contribution < 1.29 is 19.8 Å². The summed E-state index contributed by atoms with van der Waals surface area (Å²) in [6.07, 6.45) is 0. The van der Waals surface area contributed by atoms with Crippen LogP contribution in [0.2, 0.25) is 0 Å². The van der Waals surface area contributed by atoms with Crippen LogP contribution in [-0.4, -0.2) is 21.0 Å². The van der Waals surface area contributed by atoms with E-state index in [1.54, 1.807) is 20.8 Å². The second-order valence-electron chi connectivity index (χ2n) is 3.40. The molecule has 0 saturated heterocycles. The Morgan fingerprint density at radius 3 is 1.64 bits per heavy atom. The van der Waals surface area contributed by atoms with E-state index in [2.05, 4.69) is 0 Å². The standard InChI is InChI=1S/C5H14NO3P.H2O/c1-5(2,3)4(6)10(7,8)9;/h4H,6H2,1-3H3,(H2,7,8,9);1H2. The molecule has 0 amide bonds. The number of hydrogen-bond donors (Lipinski definition) is 3. The molecule has 0 bridgehead atoms. The summed E-state index contributed by atoms with van der Waals surface area (Å²) in [5.41, 5.74) is 4.72. The van der Waals surface area contributed by atoms with Gasteiger partial charge < -0.3 is 21.0 Å². The molecular weight excluding hydrogens is 169 g/mol. The fourth-order valence-electron chi connectivity index (χ4n) is 0.505. The highest BCUT2D eigenvalue weighted by Gasteiger charge is 2.35. The molecule has 11 heavy (non-hydrogen) atoms. The third kappa shape index (κ3) is 4.50. The first-order valence-electron chi connectivity index (χ1n) is 2.96. The first-order valence-corrected chi connectivity index (χ1v) is 4.64. The van der Waals surface area contributed by atoms with Crippen molar-refractivity contribution >= 4 is 7.60 Å². The molecule has 0 aromatic rings. The van der Waals surface area contributed by atoms with Crippen LogP contribution in [0.4, 0.5) is 0 Å². The number of rotatable bonds is 1. The van der Waals surface area contributed by atoms with Crippen molar-refractivity contribution in [2.45, 2.75) is 26.6 Å². The summed E-state index contributed by atoms with van der Waals surface area (Å²) in [6, 6.07) is 0. The highest BCUT2D eigenvalue weighted by molar-refractivity contribution is 7.52. The van der Waals surface area contributed by atoms with Crippen LogP contribution in [0.25, 0.3) is 0 Å². The molecule has 0 rings (SSSR count). The van der Waals surface area contributed by atoms with Crippen LogP contribution < -0.4 is 5.73 Å². The molecule has 70 valence electrons. The summed E-state index contributed by atoms with van der Waals surface area (Å²) in [4.78, 5) is 17.2. The van der Waals surface area contributed by atoms with Crippen molar-refractivity contribution in [3.05, 3.63) is 0 Å². The van der Waals surface area contributed by atoms with Crippen LogP contribution in [0.5, 0.6) is 0 Å². The Hall–Kier alpha value is 0.0700. The Morgan fingerprint density at radius 2 is 1.64 bits per heavy atom. The summed E-state index contributed by atoms with van der Waals surface area (Å²) in [7, 11) is -4.10. The van der Waals surface area contributed by atoms with E-state index in [1.165, 1.54) is 0 Å². The van der Waals surface area contributed by atoms with E-state index in [4.69, 9.17) is 15.5 Å². The minimum absolute atomic E-state index is 0. The Bertz CT molecular complexity index is 158. The summed E-state index contributed by atoms with van der Waals surface area (Å²) >= 11 is 0. The van der Waals surface area contributed by atoms with Crippen molar-refractivity contribution in [2.75, 3.05) is 0 Å². The maximum atomic E-state index is 10.5. The lowest BCUT2D eigenvalue weighted by molar-refractivity contribution is 0.298. The molecule has 6 N–H and O–H groups in total. The van der Waals surface area contributed by atoms with E-state index in [9.17, 15) is 4.57 Å². The van der Waals surface area contributed by atoms with Crippen LogP contribution in [0.3, 0.4) is 0 Å². The van der Waals surface area contributed by atoms with Gasteiger partial charge in [0.05, 0.1) is 0 Å². The van der Waals surface area contributed by atoms with Crippen LogP contribution in [0.15, 0.2) is 0 Å². The summed E-state index contributed by atoms with van der Waals surface area (Å²) in [5.74, 6) is -1.07. The molecule has 0 saturated carbocycles. The first-order chi connectivity index (χ1) is 4.15. The van der Waals surface area contributed by atoms with Gasteiger partial charge in [0.1, 0.15) is 5.78 Å². The molecule has 0 aliphatic rings. The highest BCUT2D eigenvalue weighted by Crippen LogP contribution is 2.46. The van der Waals surface area contributed by atoms with Crippen molar-refractivity contribution in [2.24, 2.45) is 11.1 Å². The molecule has 6 heteroatoms. The summed E-state index contributed by atoms with van der Waals surface area (Å²) < 4.78 is 10.5. The van der Waals surface area contributed by atoms with Gasteiger partial charge in [0.2, 0.25) is 0 Å². The fraction of sp³-hybridized carbons (Fsp3) is 1.00. The predicted octanol–water partition coefficient (Wildman–Crippen LogP) is -0.330. The monoisotopic (exact) mass is 185 g/mol. The molecule has 0 radical (unpaired) electrons. The number of nitrogens with two attached hydrogens (primary N) is 1. The van der Waals surface area contributed by atoms with Crippen LogP contribution >= 0.6 is 7.60 Å². The largest absolute Gasteiger partial charge is 0.412 e. The molecule has 0 aliphatic carbocycles. The van der Waals surface area contributed by atoms with E-state index < -0.39 is 18.8 Å². The van der Waals surface area contributed by atoms with Gasteiger partial charge in [0.15, 0.2) is 0 Å². The fourth-order valence-corrected chi connectivity index (χ4v) is 1.51. The molecule has 0 aromatic heterocycles. The maximum Gasteiger partial charge on any atom is 0.342 e. The van der Waals surface area contributed by atoms with Gasteiger partial charge in [-0.2, -0.15) is 0 Å². The van der Waals surface area contributed by atoms with Gasteiger partial charge in [-0.3, -0.25) is 4.57 Å². The van der Waals surface area contributed by atoms with Crippen LogP contribution in [0, 0.1) is 5.41 Å². The van der Waals surface area contributed by atoms with Crippen molar-refractivity contribution in [1.82, 2.24) is 0 Å². The Labute approximate surface area is 66.1 Å². The third-order valence-corrected chi connectivity index (χ3v) is 2.75. The van der Waals surface area contributed by atoms with Crippen molar-refractivity contribution in [3.8, 4) is 0 Å². The molecule has 0 spiro atoms. The van der Waals surface area contributed by atoms with Gasteiger partial charge in [-0.05, 0) is 5.41 Å². The van der Waals surface area contributed by atoms with Crippen LogP contribution in [-0.2, 0) is 4.57 Å². The topological polar surface area (TPSA) is 115 Å². The van der Waals surface area contributed by atoms with Gasteiger partial charge in [0, 0.05) is 0 Å². The molecule has 0 fully saturated rings. The zero-order valence-corrected chi connectivity index (χ0v) is 7.80. The maximum absolute atomic E-state index is 10.5. The van der Waals surface area contributed by atoms with Gasteiger partial charge in [-0.15, -0.1) is 0 Å². The van der Waals surface area contributed by atoms with Gasteiger partial charge >= 0.3 is 7.60 Å². The van der Waals surface area contributed by atoms with E-state index >= 15 is 0 Å². The molecular formula is C5H16NO4P. The van der Waals surface area contributed by atoms with Gasteiger partial charge in [-0.25, -0.2) is 0 Å². The summed E-state index contributed by atoms with van der Waals surface area (Å²) in [6.45, 7) is 5.07. The minimum atomic E-state index is -4.10. The third-order valence-electron chi connectivity index (χ3n) is 1.25. The molecule has 5 nitrogen and oxygen atoms in total.